The summed E-state index contributed by atoms with van der Waals surface area (Å²) in [6.07, 6.45) is 4.61. The molecule has 1 aliphatic carbocycles. The Labute approximate surface area is 168 Å². The van der Waals surface area contributed by atoms with Crippen LogP contribution in [0.2, 0.25) is 0 Å². The fourth-order valence-corrected chi connectivity index (χ4v) is 4.39. The Balaban J connectivity index is 1.64. The lowest BCUT2D eigenvalue weighted by molar-refractivity contribution is -0.140. The van der Waals surface area contributed by atoms with Crippen LogP contribution in [0.5, 0.6) is 0 Å². The Bertz CT molecular complexity index is 633. The molecule has 0 aromatic heterocycles. The molecular formula is C23H34N2O3. The van der Waals surface area contributed by atoms with Crippen molar-refractivity contribution in [2.45, 2.75) is 52.0 Å². The third kappa shape index (κ3) is 5.57. The molecule has 1 heterocycles. The highest BCUT2D eigenvalue weighted by atomic mass is 16.5. The van der Waals surface area contributed by atoms with Crippen molar-refractivity contribution >= 4 is 11.8 Å². The van der Waals surface area contributed by atoms with Gasteiger partial charge in [0, 0.05) is 25.4 Å². The molecule has 2 amide bonds. The van der Waals surface area contributed by atoms with Crippen LogP contribution in [-0.4, -0.2) is 49.1 Å². The van der Waals surface area contributed by atoms with Crippen LogP contribution in [0.25, 0.3) is 0 Å². The minimum absolute atomic E-state index is 0.0105. The van der Waals surface area contributed by atoms with E-state index in [4.69, 9.17) is 4.74 Å². The van der Waals surface area contributed by atoms with E-state index in [1.807, 2.05) is 35.2 Å². The van der Waals surface area contributed by atoms with Gasteiger partial charge in [0.2, 0.25) is 11.8 Å². The molecule has 0 bridgehead atoms. The maximum absolute atomic E-state index is 13.1. The molecule has 154 valence electrons. The normalized spacial score (nSPS) is 24.0. The lowest BCUT2D eigenvalue weighted by Gasteiger charge is -2.33. The molecule has 1 saturated carbocycles. The maximum atomic E-state index is 13.1. The number of carbonyl (C=O) groups is 2. The zero-order valence-electron chi connectivity index (χ0n) is 17.2. The summed E-state index contributed by atoms with van der Waals surface area (Å²) in [6.45, 7) is 6.86. The van der Waals surface area contributed by atoms with Crippen LogP contribution in [0.3, 0.4) is 0 Å². The minimum Gasteiger partial charge on any atom is -0.378 e. The van der Waals surface area contributed by atoms with Crippen LogP contribution < -0.4 is 5.32 Å². The van der Waals surface area contributed by atoms with Crippen molar-refractivity contribution in [1.29, 1.82) is 0 Å². The van der Waals surface area contributed by atoms with E-state index >= 15 is 0 Å². The Morgan fingerprint density at radius 1 is 1.07 bits per heavy atom. The van der Waals surface area contributed by atoms with Crippen LogP contribution >= 0.6 is 0 Å². The van der Waals surface area contributed by atoms with Crippen molar-refractivity contribution in [1.82, 2.24) is 10.2 Å². The Morgan fingerprint density at radius 2 is 1.71 bits per heavy atom. The average molecular weight is 387 g/mol. The van der Waals surface area contributed by atoms with Crippen LogP contribution in [0, 0.1) is 17.8 Å². The predicted octanol–water partition coefficient (Wildman–Crippen LogP) is 3.04. The van der Waals surface area contributed by atoms with E-state index in [-0.39, 0.29) is 17.7 Å². The van der Waals surface area contributed by atoms with Gasteiger partial charge >= 0.3 is 0 Å². The zero-order chi connectivity index (χ0) is 19.9. The summed E-state index contributed by atoms with van der Waals surface area (Å²) in [5, 5.41) is 3.11. The van der Waals surface area contributed by atoms with E-state index in [2.05, 4.69) is 19.2 Å². The number of carbonyl (C=O) groups excluding carboxylic acids is 2. The monoisotopic (exact) mass is 386 g/mol. The summed E-state index contributed by atoms with van der Waals surface area (Å²) in [4.78, 5) is 27.9. The standard InChI is InChI=1S/C23H34N2O3/c1-17(2)19-8-10-20(11-9-19)22(26)24-21(16-18-6-4-3-5-7-18)23(27)25-12-14-28-15-13-25/h3-7,17,19-21H,8-16H2,1-2H3,(H,24,26). The number of ether oxygens (including phenoxy) is 1. The predicted molar refractivity (Wildman–Crippen MR) is 110 cm³/mol. The van der Waals surface area contributed by atoms with E-state index in [0.29, 0.717) is 38.6 Å². The summed E-state index contributed by atoms with van der Waals surface area (Å²) in [6, 6.07) is 9.44. The van der Waals surface area contributed by atoms with Gasteiger partial charge in [-0.1, -0.05) is 44.2 Å². The molecule has 28 heavy (non-hydrogen) atoms. The molecule has 5 heteroatoms. The summed E-state index contributed by atoms with van der Waals surface area (Å²) < 4.78 is 5.37. The molecule has 5 nitrogen and oxygen atoms in total. The van der Waals surface area contributed by atoms with E-state index in [0.717, 1.165) is 37.2 Å². The summed E-state index contributed by atoms with van der Waals surface area (Å²) >= 11 is 0. The second-order valence-corrected chi connectivity index (χ2v) is 8.54. The van der Waals surface area contributed by atoms with Crippen LogP contribution in [0.1, 0.15) is 45.1 Å². The number of amides is 2. The first-order chi connectivity index (χ1) is 13.5. The van der Waals surface area contributed by atoms with Crippen molar-refractivity contribution in [3.05, 3.63) is 35.9 Å². The van der Waals surface area contributed by atoms with E-state index in [9.17, 15) is 9.59 Å². The third-order valence-electron chi connectivity index (χ3n) is 6.31. The average Bonchev–Trinajstić information content (AvgIpc) is 2.74. The summed E-state index contributed by atoms with van der Waals surface area (Å²) in [7, 11) is 0. The number of nitrogens with zero attached hydrogens (tertiary/aromatic N) is 1. The van der Waals surface area contributed by atoms with Crippen molar-refractivity contribution in [3.63, 3.8) is 0 Å². The third-order valence-corrected chi connectivity index (χ3v) is 6.31. The van der Waals surface area contributed by atoms with E-state index < -0.39 is 6.04 Å². The van der Waals surface area contributed by atoms with Gasteiger partial charge in [-0.25, -0.2) is 0 Å². The zero-order valence-corrected chi connectivity index (χ0v) is 17.2. The number of nitrogens with one attached hydrogen (secondary N) is 1. The number of hydrogen-bond acceptors (Lipinski definition) is 3. The fourth-order valence-electron chi connectivity index (χ4n) is 4.39. The highest BCUT2D eigenvalue weighted by Crippen LogP contribution is 2.33. The molecule has 0 spiro atoms. The first-order valence-electron chi connectivity index (χ1n) is 10.8. The second-order valence-electron chi connectivity index (χ2n) is 8.54. The first-order valence-corrected chi connectivity index (χ1v) is 10.8. The van der Waals surface area contributed by atoms with Crippen molar-refractivity contribution in [2.24, 2.45) is 17.8 Å². The SMILES string of the molecule is CC(C)C1CCC(C(=O)NC(Cc2ccccc2)C(=O)N2CCOCC2)CC1. The molecule has 2 fully saturated rings. The molecule has 1 aliphatic heterocycles. The van der Waals surface area contributed by atoms with Gasteiger partial charge in [-0.15, -0.1) is 0 Å². The van der Waals surface area contributed by atoms with Crippen molar-refractivity contribution in [2.75, 3.05) is 26.3 Å². The number of rotatable bonds is 6. The quantitative estimate of drug-likeness (QED) is 0.818. The number of morpholine rings is 1. The molecule has 1 aromatic rings. The second kappa shape index (κ2) is 10.1. The van der Waals surface area contributed by atoms with Gasteiger partial charge in [0.15, 0.2) is 0 Å². The Kier molecular flexibility index (Phi) is 7.49. The van der Waals surface area contributed by atoms with Gasteiger partial charge in [0.25, 0.3) is 0 Å². The van der Waals surface area contributed by atoms with Gasteiger partial charge < -0.3 is 15.0 Å². The summed E-state index contributed by atoms with van der Waals surface area (Å²) in [5.74, 6) is 1.49. The van der Waals surface area contributed by atoms with Crippen molar-refractivity contribution < 1.29 is 14.3 Å². The smallest absolute Gasteiger partial charge is 0.245 e. The molecule has 1 N–H and O–H groups in total. The van der Waals surface area contributed by atoms with Crippen molar-refractivity contribution in [3.8, 4) is 0 Å². The Morgan fingerprint density at radius 3 is 2.32 bits per heavy atom. The van der Waals surface area contributed by atoms with Crippen LogP contribution in [-0.2, 0) is 20.7 Å². The number of benzene rings is 1. The lowest BCUT2D eigenvalue weighted by Crippen LogP contribution is -2.53. The van der Waals surface area contributed by atoms with E-state index in [1.165, 1.54) is 0 Å². The summed E-state index contributed by atoms with van der Waals surface area (Å²) in [5.41, 5.74) is 1.07. The maximum Gasteiger partial charge on any atom is 0.245 e. The molecule has 1 atom stereocenters. The van der Waals surface area contributed by atoms with Crippen LogP contribution in [0.15, 0.2) is 30.3 Å². The van der Waals surface area contributed by atoms with Gasteiger partial charge in [-0.05, 0) is 43.1 Å². The Hall–Kier alpha value is -1.88. The molecule has 2 aliphatic rings. The number of hydrogen-bond donors (Lipinski definition) is 1. The van der Waals surface area contributed by atoms with Gasteiger partial charge in [0.05, 0.1) is 13.2 Å². The molecule has 1 aromatic carbocycles. The highest BCUT2D eigenvalue weighted by Gasteiger charge is 2.32. The van der Waals surface area contributed by atoms with Crippen LogP contribution in [0.4, 0.5) is 0 Å². The molecule has 1 unspecified atom stereocenters. The molecule has 1 saturated heterocycles. The molecule has 0 radical (unpaired) electrons. The lowest BCUT2D eigenvalue weighted by atomic mass is 9.76. The van der Waals surface area contributed by atoms with Gasteiger partial charge in [0.1, 0.15) is 6.04 Å². The highest BCUT2D eigenvalue weighted by molar-refractivity contribution is 5.88. The molecule has 3 rings (SSSR count). The molecular weight excluding hydrogens is 352 g/mol. The topological polar surface area (TPSA) is 58.6 Å². The van der Waals surface area contributed by atoms with Gasteiger partial charge in [-0.3, -0.25) is 9.59 Å². The minimum atomic E-state index is -0.504. The van der Waals surface area contributed by atoms with Gasteiger partial charge in [-0.2, -0.15) is 0 Å². The largest absolute Gasteiger partial charge is 0.378 e. The first kappa shape index (κ1) is 20.8. The fraction of sp³-hybridized carbons (Fsp3) is 0.652. The van der Waals surface area contributed by atoms with E-state index in [1.54, 1.807) is 0 Å².